The molecule has 0 aliphatic carbocycles. The standard InChI is InChI=1S/C24H31NO5S2/c1-4-6-12-24(5-2)16-25(18-10-8-7-9-11-18)19-13-21(31-15-23(26)27)20(30-3)14-22(19)32(28,29)17-24/h7-11,13-14H,4-6,12,15-17H2,1-3H3,(H,26,27). The Balaban J connectivity index is 2.24. The van der Waals surface area contributed by atoms with Crippen LogP contribution in [0.2, 0.25) is 0 Å². The number of carbonyl (C=O) groups is 1. The maximum Gasteiger partial charge on any atom is 0.313 e. The number of nitrogens with zero attached hydrogens (tertiary/aromatic N) is 1. The highest BCUT2D eigenvalue weighted by atomic mass is 32.2. The Kier molecular flexibility index (Phi) is 7.77. The number of thioether (sulfide) groups is 1. The number of para-hydroxylation sites is 1. The smallest absolute Gasteiger partial charge is 0.313 e. The fraction of sp³-hybridized carbons (Fsp3) is 0.458. The number of sulfone groups is 1. The molecule has 0 saturated heterocycles. The number of methoxy groups -OCH3 is 1. The first-order chi connectivity index (χ1) is 15.2. The minimum absolute atomic E-state index is 0.0810. The van der Waals surface area contributed by atoms with Crippen molar-refractivity contribution in [1.82, 2.24) is 0 Å². The van der Waals surface area contributed by atoms with Crippen molar-refractivity contribution >= 4 is 38.9 Å². The van der Waals surface area contributed by atoms with Gasteiger partial charge in [0.05, 0.1) is 34.1 Å². The Morgan fingerprint density at radius 2 is 1.94 bits per heavy atom. The van der Waals surface area contributed by atoms with Gasteiger partial charge in [0.2, 0.25) is 0 Å². The molecule has 1 unspecified atom stereocenters. The zero-order valence-electron chi connectivity index (χ0n) is 18.8. The molecule has 0 spiro atoms. The average molecular weight is 478 g/mol. The second-order valence-corrected chi connectivity index (χ2v) is 11.3. The first-order valence-electron chi connectivity index (χ1n) is 10.9. The Hall–Kier alpha value is -2.19. The molecule has 1 atom stereocenters. The van der Waals surface area contributed by atoms with Gasteiger partial charge in [-0.2, -0.15) is 0 Å². The van der Waals surface area contributed by atoms with Crippen LogP contribution < -0.4 is 9.64 Å². The molecule has 0 bridgehead atoms. The molecule has 2 aromatic carbocycles. The van der Waals surface area contributed by atoms with Crippen LogP contribution in [0.25, 0.3) is 0 Å². The molecule has 0 aromatic heterocycles. The number of hydrogen-bond donors (Lipinski definition) is 1. The molecule has 0 radical (unpaired) electrons. The maximum absolute atomic E-state index is 13.7. The van der Waals surface area contributed by atoms with Crippen molar-refractivity contribution in [1.29, 1.82) is 0 Å². The number of anilines is 2. The van der Waals surface area contributed by atoms with E-state index in [4.69, 9.17) is 9.84 Å². The number of unbranched alkanes of at least 4 members (excludes halogenated alkanes) is 1. The van der Waals surface area contributed by atoms with Gasteiger partial charge in [-0.05, 0) is 31.0 Å². The van der Waals surface area contributed by atoms with Gasteiger partial charge >= 0.3 is 5.97 Å². The first kappa shape index (κ1) is 24.5. The summed E-state index contributed by atoms with van der Waals surface area (Å²) >= 11 is 1.13. The number of hydrogen-bond acceptors (Lipinski definition) is 6. The van der Waals surface area contributed by atoms with E-state index in [2.05, 4.69) is 18.7 Å². The minimum atomic E-state index is -3.60. The van der Waals surface area contributed by atoms with E-state index in [0.717, 1.165) is 43.1 Å². The Labute approximate surface area is 194 Å². The van der Waals surface area contributed by atoms with Crippen molar-refractivity contribution in [3.63, 3.8) is 0 Å². The lowest BCUT2D eigenvalue weighted by Crippen LogP contribution is -2.37. The number of rotatable bonds is 9. The first-order valence-corrected chi connectivity index (χ1v) is 13.5. The van der Waals surface area contributed by atoms with Crippen LogP contribution in [0.15, 0.2) is 52.3 Å². The summed E-state index contributed by atoms with van der Waals surface area (Å²) in [4.78, 5) is 14.1. The number of benzene rings is 2. The van der Waals surface area contributed by atoms with Gasteiger partial charge in [-0.15, -0.1) is 11.8 Å². The van der Waals surface area contributed by atoms with Crippen molar-refractivity contribution in [2.24, 2.45) is 5.41 Å². The number of fused-ring (bicyclic) bond motifs is 1. The molecule has 3 rings (SSSR count). The van der Waals surface area contributed by atoms with E-state index < -0.39 is 15.8 Å². The zero-order chi connectivity index (χ0) is 23.4. The van der Waals surface area contributed by atoms with Crippen LogP contribution in [0.3, 0.4) is 0 Å². The Bertz CT molecular complexity index is 1060. The predicted molar refractivity (Wildman–Crippen MR) is 129 cm³/mol. The number of carboxylic acids is 1. The third-order valence-corrected chi connectivity index (χ3v) is 9.10. The Morgan fingerprint density at radius 1 is 1.22 bits per heavy atom. The van der Waals surface area contributed by atoms with E-state index in [1.54, 1.807) is 12.1 Å². The fourth-order valence-electron chi connectivity index (χ4n) is 4.28. The van der Waals surface area contributed by atoms with Gasteiger partial charge in [0, 0.05) is 23.7 Å². The SMILES string of the molecule is CCCCC1(CC)CN(c2ccccc2)c2cc(SCC(=O)O)c(OC)cc2S(=O)(=O)C1. The van der Waals surface area contributed by atoms with E-state index in [-0.39, 0.29) is 21.8 Å². The van der Waals surface area contributed by atoms with Crippen LogP contribution in [-0.2, 0) is 14.6 Å². The number of aliphatic carboxylic acids is 1. The fourth-order valence-corrected chi connectivity index (χ4v) is 7.22. The molecular formula is C24H31NO5S2. The molecule has 2 aromatic rings. The molecule has 0 saturated carbocycles. The summed E-state index contributed by atoms with van der Waals surface area (Å²) in [6.07, 6.45) is 3.55. The summed E-state index contributed by atoms with van der Waals surface area (Å²) in [5.41, 5.74) is 1.11. The summed E-state index contributed by atoms with van der Waals surface area (Å²) in [5.74, 6) is -0.617. The lowest BCUT2D eigenvalue weighted by molar-refractivity contribution is -0.133. The van der Waals surface area contributed by atoms with Gasteiger partial charge in [-0.3, -0.25) is 4.79 Å². The molecule has 1 N–H and O–H groups in total. The summed E-state index contributed by atoms with van der Waals surface area (Å²) in [5, 5.41) is 9.15. The molecule has 8 heteroatoms. The third-order valence-electron chi connectivity index (χ3n) is 6.09. The summed E-state index contributed by atoms with van der Waals surface area (Å²) in [7, 11) is -2.12. The average Bonchev–Trinajstić information content (AvgIpc) is 2.88. The van der Waals surface area contributed by atoms with Crippen LogP contribution >= 0.6 is 11.8 Å². The molecule has 174 valence electrons. The van der Waals surface area contributed by atoms with E-state index >= 15 is 0 Å². The van der Waals surface area contributed by atoms with Crippen LogP contribution in [0.1, 0.15) is 39.5 Å². The largest absolute Gasteiger partial charge is 0.496 e. The number of ether oxygens (including phenoxy) is 1. The second kappa shape index (κ2) is 10.2. The molecule has 1 aliphatic rings. The summed E-state index contributed by atoms with van der Waals surface area (Å²) < 4.78 is 32.8. The van der Waals surface area contributed by atoms with Crippen molar-refractivity contribution in [3.05, 3.63) is 42.5 Å². The lowest BCUT2D eigenvalue weighted by atomic mass is 9.81. The van der Waals surface area contributed by atoms with Crippen molar-refractivity contribution in [2.75, 3.05) is 30.1 Å². The molecule has 1 heterocycles. The lowest BCUT2D eigenvalue weighted by Gasteiger charge is -2.36. The van der Waals surface area contributed by atoms with Gasteiger partial charge in [-0.1, -0.05) is 44.9 Å². The minimum Gasteiger partial charge on any atom is -0.496 e. The molecule has 0 fully saturated rings. The van der Waals surface area contributed by atoms with Crippen molar-refractivity contribution in [3.8, 4) is 5.75 Å². The highest BCUT2D eigenvalue weighted by Gasteiger charge is 2.41. The third kappa shape index (κ3) is 5.23. The second-order valence-electron chi connectivity index (χ2n) is 8.29. The summed E-state index contributed by atoms with van der Waals surface area (Å²) in [6.45, 7) is 4.77. The molecule has 0 amide bonds. The quantitative estimate of drug-likeness (QED) is 0.485. The van der Waals surface area contributed by atoms with E-state index in [1.807, 2.05) is 30.3 Å². The molecule has 1 aliphatic heterocycles. The summed E-state index contributed by atoms with van der Waals surface area (Å²) in [6, 6.07) is 13.1. The van der Waals surface area contributed by atoms with E-state index in [9.17, 15) is 13.2 Å². The van der Waals surface area contributed by atoms with Crippen LogP contribution in [-0.4, -0.2) is 44.7 Å². The van der Waals surface area contributed by atoms with Crippen LogP contribution in [0, 0.1) is 5.41 Å². The van der Waals surface area contributed by atoms with E-state index in [0.29, 0.717) is 22.9 Å². The molecular weight excluding hydrogens is 446 g/mol. The molecule has 32 heavy (non-hydrogen) atoms. The van der Waals surface area contributed by atoms with Gasteiger partial charge < -0.3 is 14.7 Å². The monoisotopic (exact) mass is 477 g/mol. The number of carboxylic acid groups (broad SMARTS) is 1. The maximum atomic E-state index is 13.7. The van der Waals surface area contributed by atoms with Crippen LogP contribution in [0.5, 0.6) is 5.75 Å². The zero-order valence-corrected chi connectivity index (χ0v) is 20.5. The van der Waals surface area contributed by atoms with Gasteiger partial charge in [-0.25, -0.2) is 8.42 Å². The highest BCUT2D eigenvalue weighted by Crippen LogP contribution is 2.47. The highest BCUT2D eigenvalue weighted by molar-refractivity contribution is 8.00. The van der Waals surface area contributed by atoms with Crippen molar-refractivity contribution in [2.45, 2.75) is 49.3 Å². The van der Waals surface area contributed by atoms with E-state index in [1.165, 1.54) is 7.11 Å². The Morgan fingerprint density at radius 3 is 2.53 bits per heavy atom. The predicted octanol–water partition coefficient (Wildman–Crippen LogP) is 5.38. The normalized spacial score (nSPS) is 19.8. The van der Waals surface area contributed by atoms with Crippen LogP contribution in [0.4, 0.5) is 11.4 Å². The molecule has 6 nitrogen and oxygen atoms in total. The van der Waals surface area contributed by atoms with Crippen molar-refractivity contribution < 1.29 is 23.1 Å². The van der Waals surface area contributed by atoms with Gasteiger partial charge in [0.1, 0.15) is 5.75 Å². The topological polar surface area (TPSA) is 83.9 Å². The van der Waals surface area contributed by atoms with Gasteiger partial charge in [0.15, 0.2) is 9.84 Å². The van der Waals surface area contributed by atoms with Gasteiger partial charge in [0.25, 0.3) is 0 Å².